The van der Waals surface area contributed by atoms with Gasteiger partial charge in [0, 0.05) is 39.5 Å². The van der Waals surface area contributed by atoms with Gasteiger partial charge in [-0.15, -0.1) is 0 Å². The fourth-order valence-corrected chi connectivity index (χ4v) is 11.3. The molecule has 3 aliphatic carbocycles. The van der Waals surface area contributed by atoms with Crippen molar-refractivity contribution in [3.8, 4) is 11.1 Å². The van der Waals surface area contributed by atoms with Gasteiger partial charge in [-0.05, 0) is 218 Å². The van der Waals surface area contributed by atoms with Gasteiger partial charge in [-0.25, -0.2) is 0 Å². The van der Waals surface area contributed by atoms with Crippen LogP contribution in [0.2, 0.25) is 0 Å². The van der Waals surface area contributed by atoms with Gasteiger partial charge in [-0.3, -0.25) is 0 Å². The molecular formula is C65H66N2. The van der Waals surface area contributed by atoms with Crippen LogP contribution < -0.4 is 9.80 Å². The van der Waals surface area contributed by atoms with Crippen molar-refractivity contribution in [3.05, 3.63) is 238 Å². The van der Waals surface area contributed by atoms with Crippen molar-refractivity contribution in [2.24, 2.45) is 0 Å². The first-order chi connectivity index (χ1) is 33.0. The van der Waals surface area contributed by atoms with Gasteiger partial charge in [0.25, 0.3) is 0 Å². The molecule has 0 radical (unpaired) electrons. The highest BCUT2D eigenvalue weighted by Gasteiger charge is 2.43. The lowest BCUT2D eigenvalue weighted by atomic mass is 9.70. The number of unbranched alkanes of at least 4 members (excludes halogenated alkanes) is 2. The standard InChI is InChI=1S/C63H60N2.C2H6/c1-45-15-13-23-55(39-45)64(53-19-5-3-6-20-53)57-33-35-59-60-36-34-58(65(54-21-7-4-8-22-54)56-24-14-16-46(2)40-56)44-62(60)63(61(59)43-57,37-11-9-17-47-25-27-49-29-31-51(49)41-47)38-12-10-18-48-26-28-50-30-32-52(50)42-48;1-2/h3-8,13-16,19-28,33-36,39-44H,9-12,17-18,29-32,37-38H2,1-2H3;1-2H3. The summed E-state index contributed by atoms with van der Waals surface area (Å²) in [5.41, 5.74) is 24.5. The molecule has 0 unspecified atom stereocenters. The third kappa shape index (κ3) is 8.99. The van der Waals surface area contributed by atoms with Crippen LogP contribution in [0.5, 0.6) is 0 Å². The number of para-hydroxylation sites is 2. The Labute approximate surface area is 401 Å². The van der Waals surface area contributed by atoms with Crippen molar-refractivity contribution < 1.29 is 0 Å². The number of fused-ring (bicyclic) bond motifs is 5. The van der Waals surface area contributed by atoms with Gasteiger partial charge in [-0.1, -0.05) is 136 Å². The molecule has 0 saturated heterocycles. The molecule has 0 amide bonds. The summed E-state index contributed by atoms with van der Waals surface area (Å²) in [7, 11) is 0. The van der Waals surface area contributed by atoms with E-state index in [1.807, 2.05) is 13.8 Å². The summed E-state index contributed by atoms with van der Waals surface area (Å²) in [6.07, 6.45) is 14.1. The SMILES string of the molecule is CC.Cc1cccc(N(c2ccccc2)c2ccc3c(c2)C(CCCCc2ccc4c(c2)CC4)(CCCCc2ccc4c(c2)CC4)c2cc(N(c4ccccc4)c4cccc(C)c4)ccc2-3)c1. The Balaban J connectivity index is 0.00000259. The van der Waals surface area contributed by atoms with E-state index in [2.05, 4.69) is 206 Å². The number of nitrogens with zero attached hydrogens (tertiary/aromatic N) is 2. The van der Waals surface area contributed by atoms with Gasteiger partial charge < -0.3 is 9.80 Å². The Morgan fingerprint density at radius 1 is 0.358 bits per heavy atom. The minimum Gasteiger partial charge on any atom is -0.310 e. The molecule has 0 aromatic heterocycles. The summed E-state index contributed by atoms with van der Waals surface area (Å²) in [4.78, 5) is 4.94. The minimum atomic E-state index is -0.165. The molecule has 0 fully saturated rings. The van der Waals surface area contributed by atoms with Crippen molar-refractivity contribution >= 4 is 34.1 Å². The predicted octanol–water partition coefficient (Wildman–Crippen LogP) is 17.6. The van der Waals surface area contributed by atoms with Crippen molar-refractivity contribution in [1.29, 1.82) is 0 Å². The lowest BCUT2D eigenvalue weighted by Gasteiger charge is -2.35. The first-order valence-corrected chi connectivity index (χ1v) is 25.3. The number of aryl methyl sites for hydroxylation is 8. The Kier molecular flexibility index (Phi) is 13.0. The normalized spacial score (nSPS) is 13.4. The van der Waals surface area contributed by atoms with Gasteiger partial charge in [0.15, 0.2) is 0 Å². The molecule has 0 N–H and O–H groups in total. The number of anilines is 6. The molecule has 0 heterocycles. The van der Waals surface area contributed by atoms with E-state index < -0.39 is 0 Å². The van der Waals surface area contributed by atoms with E-state index >= 15 is 0 Å². The minimum absolute atomic E-state index is 0.165. The molecule has 0 saturated carbocycles. The molecular weight excluding hydrogens is 809 g/mol. The summed E-state index contributed by atoms with van der Waals surface area (Å²) in [5, 5.41) is 0. The second-order valence-corrected chi connectivity index (χ2v) is 19.2. The summed E-state index contributed by atoms with van der Waals surface area (Å²) < 4.78 is 0. The number of hydrogen-bond acceptors (Lipinski definition) is 2. The van der Waals surface area contributed by atoms with E-state index in [0.717, 1.165) is 38.5 Å². The zero-order valence-electron chi connectivity index (χ0n) is 40.2. The molecule has 2 heteroatoms. The maximum Gasteiger partial charge on any atom is 0.0465 e. The lowest BCUT2D eigenvalue weighted by molar-refractivity contribution is 0.407. The summed E-state index contributed by atoms with van der Waals surface area (Å²) in [6, 6.07) is 69.3. The molecule has 8 aromatic rings. The topological polar surface area (TPSA) is 6.48 Å². The first-order valence-electron chi connectivity index (χ1n) is 25.3. The molecule has 336 valence electrons. The van der Waals surface area contributed by atoms with Gasteiger partial charge in [-0.2, -0.15) is 0 Å². The summed E-state index contributed by atoms with van der Waals surface area (Å²) in [6.45, 7) is 8.40. The Hall–Kier alpha value is -6.64. The Morgan fingerprint density at radius 3 is 1.15 bits per heavy atom. The van der Waals surface area contributed by atoms with Crippen LogP contribution in [0.15, 0.2) is 182 Å². The van der Waals surface area contributed by atoms with E-state index in [9.17, 15) is 0 Å². The van der Waals surface area contributed by atoms with Gasteiger partial charge in [0.05, 0.1) is 0 Å². The van der Waals surface area contributed by atoms with E-state index in [1.165, 1.54) is 117 Å². The third-order valence-corrected chi connectivity index (χ3v) is 14.9. The molecule has 0 spiro atoms. The number of benzene rings is 8. The molecule has 67 heavy (non-hydrogen) atoms. The highest BCUT2D eigenvalue weighted by molar-refractivity contribution is 5.88. The van der Waals surface area contributed by atoms with E-state index in [-0.39, 0.29) is 5.41 Å². The summed E-state index contributed by atoms with van der Waals surface area (Å²) >= 11 is 0. The van der Waals surface area contributed by atoms with Crippen LogP contribution in [-0.2, 0) is 43.9 Å². The molecule has 8 aromatic carbocycles. The van der Waals surface area contributed by atoms with Crippen LogP contribution in [-0.4, -0.2) is 0 Å². The van der Waals surface area contributed by atoms with Gasteiger partial charge in [0.1, 0.15) is 0 Å². The maximum absolute atomic E-state index is 2.59. The zero-order chi connectivity index (χ0) is 45.7. The second-order valence-electron chi connectivity index (χ2n) is 19.2. The lowest BCUT2D eigenvalue weighted by Crippen LogP contribution is -2.26. The smallest absolute Gasteiger partial charge is 0.0465 e. The largest absolute Gasteiger partial charge is 0.310 e. The zero-order valence-corrected chi connectivity index (χ0v) is 40.2. The average molecular weight is 875 g/mol. The monoisotopic (exact) mass is 875 g/mol. The third-order valence-electron chi connectivity index (χ3n) is 14.9. The fourth-order valence-electron chi connectivity index (χ4n) is 11.3. The average Bonchev–Trinajstić information content (AvgIpc) is 3.60. The molecule has 0 bridgehead atoms. The van der Waals surface area contributed by atoms with Crippen molar-refractivity contribution in [1.82, 2.24) is 0 Å². The highest BCUT2D eigenvalue weighted by atomic mass is 15.1. The maximum atomic E-state index is 2.59. The van der Waals surface area contributed by atoms with Crippen LogP contribution in [0, 0.1) is 13.8 Å². The molecule has 11 rings (SSSR count). The van der Waals surface area contributed by atoms with Crippen LogP contribution in [0.1, 0.15) is 108 Å². The van der Waals surface area contributed by atoms with Crippen molar-refractivity contribution in [2.75, 3.05) is 9.80 Å². The van der Waals surface area contributed by atoms with Crippen LogP contribution in [0.3, 0.4) is 0 Å². The Bertz CT molecular complexity index is 2780. The predicted molar refractivity (Wildman–Crippen MR) is 286 cm³/mol. The van der Waals surface area contributed by atoms with E-state index in [0.29, 0.717) is 0 Å². The second kappa shape index (κ2) is 19.7. The van der Waals surface area contributed by atoms with Crippen LogP contribution in [0.4, 0.5) is 34.1 Å². The van der Waals surface area contributed by atoms with Crippen LogP contribution in [0.25, 0.3) is 11.1 Å². The molecule has 2 nitrogen and oxygen atoms in total. The molecule has 0 atom stereocenters. The number of rotatable bonds is 16. The van der Waals surface area contributed by atoms with E-state index in [1.54, 1.807) is 22.3 Å². The highest BCUT2D eigenvalue weighted by Crippen LogP contribution is 2.57. The quantitative estimate of drug-likeness (QED) is 0.0893. The first kappa shape index (κ1) is 44.2. The van der Waals surface area contributed by atoms with Gasteiger partial charge in [0.2, 0.25) is 0 Å². The Morgan fingerprint density at radius 2 is 0.761 bits per heavy atom. The summed E-state index contributed by atoms with van der Waals surface area (Å²) in [5.74, 6) is 0. The van der Waals surface area contributed by atoms with Crippen molar-refractivity contribution in [3.63, 3.8) is 0 Å². The molecule has 0 aliphatic heterocycles. The van der Waals surface area contributed by atoms with Gasteiger partial charge >= 0.3 is 0 Å². The number of hydrogen-bond donors (Lipinski definition) is 0. The fraction of sp³-hybridized carbons (Fsp3) is 0.262. The van der Waals surface area contributed by atoms with Crippen LogP contribution >= 0.6 is 0 Å². The van der Waals surface area contributed by atoms with Crippen molar-refractivity contribution in [2.45, 2.75) is 110 Å². The molecule has 3 aliphatic rings. The van der Waals surface area contributed by atoms with E-state index in [4.69, 9.17) is 0 Å².